The first-order chi connectivity index (χ1) is 13.0. The number of benzene rings is 1. The van der Waals surface area contributed by atoms with E-state index in [-0.39, 0.29) is 17.7 Å². The number of hydrazone groups is 1. The van der Waals surface area contributed by atoms with Crippen molar-refractivity contribution in [3.8, 4) is 0 Å². The highest BCUT2D eigenvalue weighted by molar-refractivity contribution is 6.12. The maximum atomic E-state index is 12.6. The van der Waals surface area contributed by atoms with E-state index >= 15 is 0 Å². The van der Waals surface area contributed by atoms with E-state index in [1.165, 1.54) is 5.01 Å². The first-order valence-corrected chi connectivity index (χ1v) is 9.47. The molecule has 0 spiro atoms. The minimum Gasteiger partial charge on any atom is -0.458 e. The smallest absolute Gasteiger partial charge is 0.329 e. The van der Waals surface area contributed by atoms with Gasteiger partial charge in [0, 0.05) is 11.3 Å². The van der Waals surface area contributed by atoms with Gasteiger partial charge >= 0.3 is 5.97 Å². The predicted molar refractivity (Wildman–Crippen MR) is 108 cm³/mol. The van der Waals surface area contributed by atoms with Crippen LogP contribution in [0.3, 0.4) is 0 Å². The van der Waals surface area contributed by atoms with Gasteiger partial charge in [-0.15, -0.1) is 0 Å². The van der Waals surface area contributed by atoms with Crippen LogP contribution in [0.2, 0.25) is 0 Å². The van der Waals surface area contributed by atoms with Gasteiger partial charge in [0.1, 0.15) is 11.6 Å². The number of carbonyl (C=O) groups excluding carboxylic acids is 3. The van der Waals surface area contributed by atoms with Crippen molar-refractivity contribution < 1.29 is 19.1 Å². The summed E-state index contributed by atoms with van der Waals surface area (Å²) in [6.45, 7) is 11.1. The Kier molecular flexibility index (Phi) is 6.59. The molecule has 1 aliphatic heterocycles. The molecule has 7 nitrogen and oxygen atoms in total. The normalized spacial score (nSPS) is 15.5. The SMILES string of the molecule is CC1=NN(c2ccc(C(=O)NC(CC(C)C)C(=O)OC(C)(C)C)cc2)C(=O)C1. The van der Waals surface area contributed by atoms with E-state index in [1.807, 2.05) is 13.8 Å². The molecule has 152 valence electrons. The number of rotatable bonds is 6. The van der Waals surface area contributed by atoms with Crippen molar-refractivity contribution in [2.45, 2.75) is 66.0 Å². The van der Waals surface area contributed by atoms with Gasteiger partial charge in [0.2, 0.25) is 0 Å². The first-order valence-electron chi connectivity index (χ1n) is 9.47. The summed E-state index contributed by atoms with van der Waals surface area (Å²) in [5.41, 5.74) is 1.12. The molecule has 2 rings (SSSR count). The van der Waals surface area contributed by atoms with Crippen LogP contribution in [0.1, 0.15) is 64.7 Å². The third-order valence-corrected chi connectivity index (χ3v) is 3.99. The molecule has 0 fully saturated rings. The summed E-state index contributed by atoms with van der Waals surface area (Å²) in [6, 6.07) is 5.84. The minimum absolute atomic E-state index is 0.100. The second-order valence-electron chi connectivity index (χ2n) is 8.45. The maximum absolute atomic E-state index is 12.6. The molecule has 1 N–H and O–H groups in total. The van der Waals surface area contributed by atoms with Crippen molar-refractivity contribution in [3.05, 3.63) is 29.8 Å². The molecular formula is C21H29N3O4. The average Bonchev–Trinajstić information content (AvgIpc) is 2.90. The Hall–Kier alpha value is -2.70. The Balaban J connectivity index is 2.10. The Morgan fingerprint density at radius 3 is 2.29 bits per heavy atom. The fraction of sp³-hybridized carbons (Fsp3) is 0.524. The fourth-order valence-corrected chi connectivity index (χ4v) is 2.81. The molecule has 0 bridgehead atoms. The van der Waals surface area contributed by atoms with E-state index in [0.29, 0.717) is 24.1 Å². The fourth-order valence-electron chi connectivity index (χ4n) is 2.81. The zero-order chi connectivity index (χ0) is 21.1. The van der Waals surface area contributed by atoms with Crippen molar-refractivity contribution in [2.75, 3.05) is 5.01 Å². The lowest BCUT2D eigenvalue weighted by Gasteiger charge is -2.25. The molecule has 28 heavy (non-hydrogen) atoms. The zero-order valence-electron chi connectivity index (χ0n) is 17.4. The number of esters is 1. The highest BCUT2D eigenvalue weighted by Gasteiger charge is 2.28. The van der Waals surface area contributed by atoms with Gasteiger partial charge in [0.25, 0.3) is 11.8 Å². The maximum Gasteiger partial charge on any atom is 0.329 e. The molecule has 1 heterocycles. The molecule has 1 aromatic rings. The van der Waals surface area contributed by atoms with Gasteiger partial charge in [-0.05, 0) is 64.3 Å². The molecule has 0 saturated heterocycles. The Morgan fingerprint density at radius 2 is 1.82 bits per heavy atom. The van der Waals surface area contributed by atoms with Gasteiger partial charge < -0.3 is 10.1 Å². The van der Waals surface area contributed by atoms with E-state index in [0.717, 1.165) is 5.71 Å². The number of anilines is 1. The summed E-state index contributed by atoms with van der Waals surface area (Å²) >= 11 is 0. The highest BCUT2D eigenvalue weighted by Crippen LogP contribution is 2.21. The summed E-state index contributed by atoms with van der Waals surface area (Å²) in [7, 11) is 0. The van der Waals surface area contributed by atoms with Crippen molar-refractivity contribution in [1.29, 1.82) is 0 Å². The van der Waals surface area contributed by atoms with Gasteiger partial charge in [0.15, 0.2) is 0 Å². The molecule has 1 aliphatic rings. The van der Waals surface area contributed by atoms with Gasteiger partial charge in [-0.2, -0.15) is 5.10 Å². The van der Waals surface area contributed by atoms with Gasteiger partial charge in [0.05, 0.1) is 12.1 Å². The topological polar surface area (TPSA) is 88.1 Å². The van der Waals surface area contributed by atoms with Crippen LogP contribution < -0.4 is 10.3 Å². The quantitative estimate of drug-likeness (QED) is 0.759. The second kappa shape index (κ2) is 8.54. The standard InChI is InChI=1S/C21H29N3O4/c1-13(2)11-17(20(27)28-21(4,5)6)22-19(26)15-7-9-16(10-8-15)24-18(25)12-14(3)23-24/h7-10,13,17H,11-12H2,1-6H3,(H,22,26). The number of nitrogens with zero attached hydrogens (tertiary/aromatic N) is 2. The molecule has 1 unspecified atom stereocenters. The van der Waals surface area contributed by atoms with Crippen LogP contribution in [0, 0.1) is 5.92 Å². The number of hydrogen-bond donors (Lipinski definition) is 1. The number of amides is 2. The van der Waals surface area contributed by atoms with Crippen LogP contribution in [0.25, 0.3) is 0 Å². The largest absolute Gasteiger partial charge is 0.458 e. The summed E-state index contributed by atoms with van der Waals surface area (Å²) in [4.78, 5) is 37.0. The second-order valence-corrected chi connectivity index (χ2v) is 8.45. The van der Waals surface area contributed by atoms with E-state index in [9.17, 15) is 14.4 Å². The van der Waals surface area contributed by atoms with Crippen LogP contribution in [-0.2, 0) is 14.3 Å². The summed E-state index contributed by atoms with van der Waals surface area (Å²) < 4.78 is 5.43. The average molecular weight is 387 g/mol. The third kappa shape index (κ3) is 5.90. The number of carbonyl (C=O) groups is 3. The van der Waals surface area contributed by atoms with Crippen LogP contribution in [0.5, 0.6) is 0 Å². The van der Waals surface area contributed by atoms with Crippen molar-refractivity contribution in [2.24, 2.45) is 11.0 Å². The lowest BCUT2D eigenvalue weighted by Crippen LogP contribution is -2.44. The Morgan fingerprint density at radius 1 is 1.21 bits per heavy atom. The molecule has 0 aliphatic carbocycles. The monoisotopic (exact) mass is 387 g/mol. The third-order valence-electron chi connectivity index (χ3n) is 3.99. The van der Waals surface area contributed by atoms with Crippen LogP contribution in [0.15, 0.2) is 29.4 Å². The minimum atomic E-state index is -0.723. The lowest BCUT2D eigenvalue weighted by atomic mass is 10.0. The van der Waals surface area contributed by atoms with E-state index < -0.39 is 17.6 Å². The van der Waals surface area contributed by atoms with E-state index in [2.05, 4.69) is 10.4 Å². The summed E-state index contributed by atoms with van der Waals surface area (Å²) in [6.07, 6.45) is 0.782. The van der Waals surface area contributed by atoms with Crippen molar-refractivity contribution in [1.82, 2.24) is 5.32 Å². The molecule has 2 amide bonds. The number of ether oxygens (including phenoxy) is 1. The molecular weight excluding hydrogens is 358 g/mol. The zero-order valence-corrected chi connectivity index (χ0v) is 17.4. The molecule has 1 aromatic carbocycles. The predicted octanol–water partition coefficient (Wildman–Crippen LogP) is 3.29. The van der Waals surface area contributed by atoms with Gasteiger partial charge in [-0.3, -0.25) is 9.59 Å². The van der Waals surface area contributed by atoms with Crippen LogP contribution in [0.4, 0.5) is 5.69 Å². The van der Waals surface area contributed by atoms with Gasteiger partial charge in [-0.1, -0.05) is 13.8 Å². The Bertz CT molecular complexity index is 776. The molecule has 0 saturated carbocycles. The molecule has 7 heteroatoms. The van der Waals surface area contributed by atoms with Crippen molar-refractivity contribution in [3.63, 3.8) is 0 Å². The Labute approximate surface area is 166 Å². The van der Waals surface area contributed by atoms with Crippen molar-refractivity contribution >= 4 is 29.2 Å². The van der Waals surface area contributed by atoms with E-state index in [4.69, 9.17) is 4.74 Å². The lowest BCUT2D eigenvalue weighted by molar-refractivity contribution is -0.157. The van der Waals surface area contributed by atoms with Crippen LogP contribution >= 0.6 is 0 Å². The molecule has 1 atom stereocenters. The number of nitrogens with one attached hydrogen (secondary N) is 1. The molecule has 0 radical (unpaired) electrons. The van der Waals surface area contributed by atoms with Crippen LogP contribution in [-0.4, -0.2) is 35.1 Å². The first kappa shape index (κ1) is 21.6. The summed E-state index contributed by atoms with van der Waals surface area (Å²) in [5.74, 6) is -0.701. The van der Waals surface area contributed by atoms with Gasteiger partial charge in [-0.25, -0.2) is 9.80 Å². The highest BCUT2D eigenvalue weighted by atomic mass is 16.6. The number of hydrogen-bond acceptors (Lipinski definition) is 5. The molecule has 0 aromatic heterocycles. The van der Waals surface area contributed by atoms with E-state index in [1.54, 1.807) is 52.0 Å². The summed E-state index contributed by atoms with van der Waals surface area (Å²) in [5, 5.41) is 8.29.